The Hall–Kier alpha value is -1.29. The Balaban J connectivity index is 1.71. The number of carbonyl (C=O) groups is 1. The lowest BCUT2D eigenvalue weighted by atomic mass is 10.2. The van der Waals surface area contributed by atoms with Crippen molar-refractivity contribution in [2.75, 3.05) is 13.1 Å². The molecule has 1 unspecified atom stereocenters. The second-order valence-electron chi connectivity index (χ2n) is 5.36. The minimum Gasteiger partial charge on any atom is -0.468 e. The third-order valence-electron chi connectivity index (χ3n) is 3.64. The van der Waals surface area contributed by atoms with E-state index in [1.807, 2.05) is 17.0 Å². The first-order valence-corrected chi connectivity index (χ1v) is 7.29. The molecular formula is C15H24N2O2. The topological polar surface area (TPSA) is 45.5 Å². The van der Waals surface area contributed by atoms with E-state index in [1.54, 1.807) is 6.26 Å². The third kappa shape index (κ3) is 4.71. The summed E-state index contributed by atoms with van der Waals surface area (Å²) in [6.45, 7) is 4.60. The molecule has 0 radical (unpaired) electrons. The molecule has 1 N–H and O–H groups in total. The molecule has 1 saturated heterocycles. The predicted octanol–water partition coefficient (Wildman–Crippen LogP) is 2.55. The van der Waals surface area contributed by atoms with E-state index in [2.05, 4.69) is 12.2 Å². The number of carbonyl (C=O) groups excluding carboxylic acids is 1. The zero-order valence-electron chi connectivity index (χ0n) is 11.7. The SMILES string of the molecule is CC(CC(=O)N1CCCCCC1)NCc1ccco1. The van der Waals surface area contributed by atoms with E-state index in [0.717, 1.165) is 31.7 Å². The minimum atomic E-state index is 0.181. The Kier molecular flexibility index (Phi) is 5.45. The summed E-state index contributed by atoms with van der Waals surface area (Å²) in [5, 5.41) is 3.33. The molecular weight excluding hydrogens is 240 g/mol. The van der Waals surface area contributed by atoms with E-state index in [9.17, 15) is 4.79 Å². The Bertz CT molecular complexity index is 368. The molecule has 1 aliphatic rings. The summed E-state index contributed by atoms with van der Waals surface area (Å²) < 4.78 is 5.26. The summed E-state index contributed by atoms with van der Waals surface area (Å²) in [6.07, 6.45) is 7.07. The molecule has 0 bridgehead atoms. The number of rotatable bonds is 5. The van der Waals surface area contributed by atoms with Crippen LogP contribution in [0, 0.1) is 0 Å². The first-order chi connectivity index (χ1) is 9.25. The minimum absolute atomic E-state index is 0.181. The van der Waals surface area contributed by atoms with Gasteiger partial charge in [0.25, 0.3) is 0 Å². The molecule has 2 rings (SSSR count). The second-order valence-corrected chi connectivity index (χ2v) is 5.36. The fourth-order valence-corrected chi connectivity index (χ4v) is 2.47. The largest absolute Gasteiger partial charge is 0.468 e. The van der Waals surface area contributed by atoms with Crippen molar-refractivity contribution in [1.29, 1.82) is 0 Å². The Morgan fingerprint density at radius 3 is 2.74 bits per heavy atom. The van der Waals surface area contributed by atoms with Gasteiger partial charge in [0.1, 0.15) is 5.76 Å². The highest BCUT2D eigenvalue weighted by molar-refractivity contribution is 5.76. The first kappa shape index (κ1) is 14.1. The van der Waals surface area contributed by atoms with Gasteiger partial charge < -0.3 is 14.6 Å². The zero-order chi connectivity index (χ0) is 13.5. The van der Waals surface area contributed by atoms with Crippen molar-refractivity contribution in [3.63, 3.8) is 0 Å². The summed E-state index contributed by atoms with van der Waals surface area (Å²) >= 11 is 0. The van der Waals surface area contributed by atoms with Crippen LogP contribution < -0.4 is 5.32 Å². The van der Waals surface area contributed by atoms with Crippen molar-refractivity contribution in [2.45, 2.75) is 51.6 Å². The van der Waals surface area contributed by atoms with Gasteiger partial charge in [0.05, 0.1) is 12.8 Å². The fraction of sp³-hybridized carbons (Fsp3) is 0.667. The average Bonchev–Trinajstić information content (AvgIpc) is 2.76. The molecule has 1 aromatic rings. The maximum Gasteiger partial charge on any atom is 0.224 e. The van der Waals surface area contributed by atoms with Crippen LogP contribution in [0.3, 0.4) is 0 Å². The van der Waals surface area contributed by atoms with Crippen LogP contribution in [0.15, 0.2) is 22.8 Å². The molecule has 106 valence electrons. The summed E-state index contributed by atoms with van der Waals surface area (Å²) in [4.78, 5) is 14.2. The lowest BCUT2D eigenvalue weighted by molar-refractivity contribution is -0.131. The van der Waals surface area contributed by atoms with E-state index in [1.165, 1.54) is 12.8 Å². The van der Waals surface area contributed by atoms with Crippen molar-refractivity contribution < 1.29 is 9.21 Å². The van der Waals surface area contributed by atoms with Gasteiger partial charge in [0, 0.05) is 25.6 Å². The van der Waals surface area contributed by atoms with Crippen LogP contribution in [0.5, 0.6) is 0 Å². The Morgan fingerprint density at radius 2 is 2.11 bits per heavy atom. The normalized spacial score (nSPS) is 18.1. The Labute approximate surface area is 115 Å². The van der Waals surface area contributed by atoms with Crippen molar-refractivity contribution in [3.05, 3.63) is 24.2 Å². The molecule has 2 heterocycles. The molecule has 0 spiro atoms. The summed E-state index contributed by atoms with van der Waals surface area (Å²) in [7, 11) is 0. The molecule has 1 aliphatic heterocycles. The van der Waals surface area contributed by atoms with Crippen LogP contribution >= 0.6 is 0 Å². The maximum atomic E-state index is 12.2. The number of nitrogens with one attached hydrogen (secondary N) is 1. The number of amides is 1. The van der Waals surface area contributed by atoms with E-state index in [-0.39, 0.29) is 11.9 Å². The quantitative estimate of drug-likeness (QED) is 0.889. The van der Waals surface area contributed by atoms with Gasteiger partial charge in [-0.1, -0.05) is 12.8 Å². The third-order valence-corrected chi connectivity index (χ3v) is 3.64. The average molecular weight is 264 g/mol. The van der Waals surface area contributed by atoms with Crippen LogP contribution in [-0.4, -0.2) is 29.9 Å². The van der Waals surface area contributed by atoms with Gasteiger partial charge in [-0.25, -0.2) is 0 Å². The van der Waals surface area contributed by atoms with E-state index >= 15 is 0 Å². The maximum absolute atomic E-state index is 12.2. The zero-order valence-corrected chi connectivity index (χ0v) is 11.7. The fourth-order valence-electron chi connectivity index (χ4n) is 2.47. The molecule has 1 fully saturated rings. The van der Waals surface area contributed by atoms with Crippen LogP contribution in [0.2, 0.25) is 0 Å². The summed E-state index contributed by atoms with van der Waals surface area (Å²) in [6, 6.07) is 4.00. The number of hydrogen-bond acceptors (Lipinski definition) is 3. The van der Waals surface area contributed by atoms with Gasteiger partial charge in [-0.05, 0) is 31.9 Å². The predicted molar refractivity (Wildman–Crippen MR) is 74.7 cm³/mol. The molecule has 0 saturated carbocycles. The van der Waals surface area contributed by atoms with Crippen LogP contribution in [0.4, 0.5) is 0 Å². The summed E-state index contributed by atoms with van der Waals surface area (Å²) in [5.41, 5.74) is 0. The molecule has 4 nitrogen and oxygen atoms in total. The highest BCUT2D eigenvalue weighted by Crippen LogP contribution is 2.11. The monoisotopic (exact) mass is 264 g/mol. The number of furan rings is 1. The van der Waals surface area contributed by atoms with Gasteiger partial charge in [-0.15, -0.1) is 0 Å². The lowest BCUT2D eigenvalue weighted by Crippen LogP contribution is -2.37. The van der Waals surface area contributed by atoms with E-state index in [4.69, 9.17) is 4.42 Å². The van der Waals surface area contributed by atoms with Crippen LogP contribution in [-0.2, 0) is 11.3 Å². The number of likely N-dealkylation sites (tertiary alicyclic amines) is 1. The van der Waals surface area contributed by atoms with Crippen LogP contribution in [0.1, 0.15) is 44.8 Å². The highest BCUT2D eigenvalue weighted by atomic mass is 16.3. The van der Waals surface area contributed by atoms with Gasteiger partial charge >= 0.3 is 0 Å². The molecule has 1 atom stereocenters. The van der Waals surface area contributed by atoms with Gasteiger partial charge in [0.2, 0.25) is 5.91 Å². The molecule has 1 aromatic heterocycles. The summed E-state index contributed by atoms with van der Waals surface area (Å²) in [5.74, 6) is 1.19. The van der Waals surface area contributed by atoms with E-state index in [0.29, 0.717) is 13.0 Å². The van der Waals surface area contributed by atoms with Gasteiger partial charge in [0.15, 0.2) is 0 Å². The second kappa shape index (κ2) is 7.34. The number of hydrogen-bond donors (Lipinski definition) is 1. The molecule has 1 amide bonds. The standard InChI is InChI=1S/C15H24N2O2/c1-13(16-12-14-7-6-10-19-14)11-15(18)17-8-4-2-3-5-9-17/h6-7,10,13,16H,2-5,8-9,11-12H2,1H3. The lowest BCUT2D eigenvalue weighted by Gasteiger charge is -2.22. The first-order valence-electron chi connectivity index (χ1n) is 7.29. The Morgan fingerprint density at radius 1 is 1.37 bits per heavy atom. The van der Waals surface area contributed by atoms with Crippen molar-refractivity contribution in [1.82, 2.24) is 10.2 Å². The van der Waals surface area contributed by atoms with Gasteiger partial charge in [-0.3, -0.25) is 4.79 Å². The van der Waals surface area contributed by atoms with Crippen LogP contribution in [0.25, 0.3) is 0 Å². The molecule has 0 aromatic carbocycles. The van der Waals surface area contributed by atoms with E-state index < -0.39 is 0 Å². The highest BCUT2D eigenvalue weighted by Gasteiger charge is 2.17. The molecule has 0 aliphatic carbocycles. The smallest absolute Gasteiger partial charge is 0.224 e. The molecule has 4 heteroatoms. The van der Waals surface area contributed by atoms with Gasteiger partial charge in [-0.2, -0.15) is 0 Å². The molecule has 19 heavy (non-hydrogen) atoms. The number of nitrogens with zero attached hydrogens (tertiary/aromatic N) is 1. The van der Waals surface area contributed by atoms with Crippen molar-refractivity contribution >= 4 is 5.91 Å². The van der Waals surface area contributed by atoms with Crippen molar-refractivity contribution in [3.8, 4) is 0 Å². The van der Waals surface area contributed by atoms with Crippen molar-refractivity contribution in [2.24, 2.45) is 0 Å².